The zero-order valence-corrected chi connectivity index (χ0v) is 10.6. The predicted molar refractivity (Wildman–Crippen MR) is 64.6 cm³/mol. The van der Waals surface area contributed by atoms with E-state index in [4.69, 9.17) is 9.84 Å². The van der Waals surface area contributed by atoms with E-state index >= 15 is 0 Å². The molecule has 0 aliphatic heterocycles. The van der Waals surface area contributed by atoms with Crippen LogP contribution in [0.4, 0.5) is 4.39 Å². The molecule has 0 bridgehead atoms. The van der Waals surface area contributed by atoms with Crippen molar-refractivity contribution in [3.05, 3.63) is 33.1 Å². The number of aliphatic hydroxyl groups excluding tert-OH is 2. The highest BCUT2D eigenvalue weighted by Crippen LogP contribution is 2.13. The number of nitrogens with one attached hydrogen (secondary N) is 1. The summed E-state index contributed by atoms with van der Waals surface area (Å²) in [6, 6.07) is 1.13. The molecule has 7 nitrogen and oxygen atoms in total. The molecule has 1 aromatic heterocycles. The molecule has 4 atom stereocenters. The second-order valence-corrected chi connectivity index (χ2v) is 4.14. The maximum absolute atomic E-state index is 13.0. The zero-order valence-electron chi connectivity index (χ0n) is 10.6. The number of hydrogen-bond donors (Lipinski definition) is 3. The first-order valence-corrected chi connectivity index (χ1v) is 5.76. The van der Waals surface area contributed by atoms with E-state index in [1.54, 1.807) is 0 Å². The highest BCUT2D eigenvalue weighted by molar-refractivity contribution is 4.84. The van der Waals surface area contributed by atoms with Gasteiger partial charge in [-0.3, -0.25) is 14.3 Å². The summed E-state index contributed by atoms with van der Waals surface area (Å²) in [6.07, 6.45) is -3.93. The lowest BCUT2D eigenvalue weighted by molar-refractivity contribution is -0.132. The van der Waals surface area contributed by atoms with Crippen LogP contribution in [0.5, 0.6) is 0 Å². The minimum atomic E-state index is -1.59. The molecule has 0 aliphatic rings. The Hall–Kier alpha value is -1.51. The van der Waals surface area contributed by atoms with Crippen molar-refractivity contribution in [3.8, 4) is 0 Å². The van der Waals surface area contributed by atoms with E-state index in [0.29, 0.717) is 0 Å². The average molecular weight is 276 g/mol. The van der Waals surface area contributed by atoms with Crippen LogP contribution in [-0.2, 0) is 4.74 Å². The number of aromatic amines is 1. The van der Waals surface area contributed by atoms with Gasteiger partial charge in [-0.2, -0.15) is 0 Å². The largest absolute Gasteiger partial charge is 0.394 e. The Kier molecular flexibility index (Phi) is 5.40. The second-order valence-electron chi connectivity index (χ2n) is 4.14. The number of halogens is 1. The topological polar surface area (TPSA) is 105 Å². The first-order valence-electron chi connectivity index (χ1n) is 5.76. The minimum absolute atomic E-state index is 0.551. The van der Waals surface area contributed by atoms with Crippen molar-refractivity contribution in [2.45, 2.75) is 38.5 Å². The van der Waals surface area contributed by atoms with Gasteiger partial charge in [0.2, 0.25) is 0 Å². The van der Waals surface area contributed by atoms with Crippen LogP contribution in [0.2, 0.25) is 0 Å². The lowest BCUT2D eigenvalue weighted by Gasteiger charge is -2.26. The number of aliphatic hydroxyl groups is 2. The molecule has 1 aromatic rings. The maximum Gasteiger partial charge on any atom is 0.330 e. The molecule has 0 fully saturated rings. The molecule has 1 heterocycles. The molecule has 4 unspecified atom stereocenters. The lowest BCUT2D eigenvalue weighted by atomic mass is 10.1. The zero-order chi connectivity index (χ0) is 14.6. The van der Waals surface area contributed by atoms with Gasteiger partial charge in [-0.05, 0) is 13.8 Å². The van der Waals surface area contributed by atoms with Crippen molar-refractivity contribution in [1.82, 2.24) is 9.55 Å². The van der Waals surface area contributed by atoms with Crippen molar-refractivity contribution >= 4 is 0 Å². The number of alkyl halides is 1. The van der Waals surface area contributed by atoms with Crippen LogP contribution in [0.3, 0.4) is 0 Å². The molecule has 0 saturated carbocycles. The normalized spacial score (nSPS) is 17.7. The van der Waals surface area contributed by atoms with Crippen LogP contribution >= 0.6 is 0 Å². The third-order valence-corrected chi connectivity index (χ3v) is 2.65. The summed E-state index contributed by atoms with van der Waals surface area (Å²) in [7, 11) is 0. The van der Waals surface area contributed by atoms with Crippen LogP contribution in [0.1, 0.15) is 20.1 Å². The van der Waals surface area contributed by atoms with E-state index in [9.17, 15) is 19.1 Å². The summed E-state index contributed by atoms with van der Waals surface area (Å²) in [4.78, 5) is 24.4. The van der Waals surface area contributed by atoms with Crippen LogP contribution < -0.4 is 11.2 Å². The van der Waals surface area contributed by atoms with Gasteiger partial charge >= 0.3 is 5.69 Å². The SMILES string of the molecule is CC(F)C(O)C(CO)OC(C)n1ccc(=O)[nH]c1=O. The van der Waals surface area contributed by atoms with Crippen LogP contribution in [-0.4, -0.2) is 44.8 Å². The first-order chi connectivity index (χ1) is 8.86. The molecule has 8 heteroatoms. The summed E-state index contributed by atoms with van der Waals surface area (Å²) < 4.78 is 19.2. The third-order valence-electron chi connectivity index (χ3n) is 2.65. The quantitative estimate of drug-likeness (QED) is 0.628. The molecule has 0 aromatic carbocycles. The molecule has 0 saturated heterocycles. The molecule has 1 rings (SSSR count). The minimum Gasteiger partial charge on any atom is -0.394 e. The van der Waals surface area contributed by atoms with Crippen LogP contribution in [0, 0.1) is 0 Å². The monoisotopic (exact) mass is 276 g/mol. The first kappa shape index (κ1) is 15.5. The van der Waals surface area contributed by atoms with Gasteiger partial charge in [-0.1, -0.05) is 0 Å². The standard InChI is InChI=1S/C11H17FN2O5/c1-6(12)10(17)8(5-15)19-7(2)14-4-3-9(16)13-11(14)18/h3-4,6-8,10,15,17H,5H2,1-2H3,(H,13,16,18). The summed E-state index contributed by atoms with van der Waals surface area (Å²) in [5, 5.41) is 18.5. The number of rotatable bonds is 6. The number of nitrogens with zero attached hydrogens (tertiary/aromatic N) is 1. The molecule has 3 N–H and O–H groups in total. The highest BCUT2D eigenvalue weighted by atomic mass is 19.1. The summed E-state index contributed by atoms with van der Waals surface area (Å²) >= 11 is 0. The predicted octanol–water partition coefficient (Wildman–Crippen LogP) is -0.848. The number of H-pyrrole nitrogens is 1. The molecule has 0 amide bonds. The molecular formula is C11H17FN2O5. The van der Waals surface area contributed by atoms with Crippen LogP contribution in [0.15, 0.2) is 21.9 Å². The molecule has 19 heavy (non-hydrogen) atoms. The number of ether oxygens (including phenoxy) is 1. The highest BCUT2D eigenvalue weighted by Gasteiger charge is 2.27. The molecule has 0 aliphatic carbocycles. The van der Waals surface area contributed by atoms with E-state index in [0.717, 1.165) is 17.6 Å². The summed E-state index contributed by atoms with van der Waals surface area (Å²) in [6.45, 7) is 2.00. The van der Waals surface area contributed by atoms with E-state index < -0.39 is 42.5 Å². The Morgan fingerprint density at radius 3 is 2.58 bits per heavy atom. The van der Waals surface area contributed by atoms with Crippen LogP contribution in [0.25, 0.3) is 0 Å². The number of hydrogen-bond acceptors (Lipinski definition) is 5. The fourth-order valence-electron chi connectivity index (χ4n) is 1.56. The molecule has 108 valence electrons. The Morgan fingerprint density at radius 2 is 2.11 bits per heavy atom. The fourth-order valence-corrected chi connectivity index (χ4v) is 1.56. The van der Waals surface area contributed by atoms with Gasteiger partial charge in [-0.25, -0.2) is 9.18 Å². The van der Waals surface area contributed by atoms with Gasteiger partial charge < -0.3 is 14.9 Å². The fraction of sp³-hybridized carbons (Fsp3) is 0.636. The average Bonchev–Trinajstić information content (AvgIpc) is 2.34. The Morgan fingerprint density at radius 1 is 1.47 bits per heavy atom. The van der Waals surface area contributed by atoms with Gasteiger partial charge in [-0.15, -0.1) is 0 Å². The molecular weight excluding hydrogens is 259 g/mol. The Balaban J connectivity index is 2.85. The third kappa shape index (κ3) is 3.98. The van der Waals surface area contributed by atoms with Gasteiger partial charge in [0, 0.05) is 12.3 Å². The smallest absolute Gasteiger partial charge is 0.330 e. The Labute approximate surface area is 108 Å². The molecule has 0 spiro atoms. The van der Waals surface area contributed by atoms with Gasteiger partial charge in [0.05, 0.1) is 6.61 Å². The van der Waals surface area contributed by atoms with Crippen molar-refractivity contribution in [2.24, 2.45) is 0 Å². The second kappa shape index (κ2) is 6.60. The van der Waals surface area contributed by atoms with E-state index in [-0.39, 0.29) is 0 Å². The van der Waals surface area contributed by atoms with E-state index in [2.05, 4.69) is 0 Å². The van der Waals surface area contributed by atoms with E-state index in [1.807, 2.05) is 4.98 Å². The van der Waals surface area contributed by atoms with Crippen molar-refractivity contribution in [1.29, 1.82) is 0 Å². The Bertz CT molecular complexity index is 512. The van der Waals surface area contributed by atoms with Gasteiger partial charge in [0.25, 0.3) is 5.56 Å². The van der Waals surface area contributed by atoms with E-state index in [1.165, 1.54) is 13.1 Å². The van der Waals surface area contributed by atoms with Gasteiger partial charge in [0.1, 0.15) is 24.6 Å². The molecule has 0 radical (unpaired) electrons. The lowest BCUT2D eigenvalue weighted by Crippen LogP contribution is -2.41. The number of aromatic nitrogens is 2. The summed E-state index contributed by atoms with van der Waals surface area (Å²) in [5.41, 5.74) is -1.25. The van der Waals surface area contributed by atoms with Gasteiger partial charge in [0.15, 0.2) is 0 Å². The van der Waals surface area contributed by atoms with Crippen molar-refractivity contribution in [2.75, 3.05) is 6.61 Å². The van der Waals surface area contributed by atoms with Crippen molar-refractivity contribution < 1.29 is 19.3 Å². The summed E-state index contributed by atoms with van der Waals surface area (Å²) in [5.74, 6) is 0. The van der Waals surface area contributed by atoms with Crippen molar-refractivity contribution in [3.63, 3.8) is 0 Å². The maximum atomic E-state index is 13.0.